The minimum absolute atomic E-state index is 0.556. The molecule has 0 unspecified atom stereocenters. The number of halogens is 1. The summed E-state index contributed by atoms with van der Waals surface area (Å²) in [5, 5.41) is 0. The second kappa shape index (κ2) is 10.5. The van der Waals surface area contributed by atoms with Crippen LogP contribution in [0.1, 0.15) is 6.92 Å². The maximum absolute atomic E-state index is 5.07. The van der Waals surface area contributed by atoms with E-state index in [2.05, 4.69) is 19.7 Å². The first-order chi connectivity index (χ1) is 4.18. The number of alkyl halides is 1. The molecule has 0 aliphatic rings. The van der Waals surface area contributed by atoms with Crippen LogP contribution in [0.3, 0.4) is 0 Å². The average molecular weight is 145 g/mol. The third-order valence-electron chi connectivity index (χ3n) is 0.458. The highest BCUT2D eigenvalue weighted by Crippen LogP contribution is 1.81. The van der Waals surface area contributed by atoms with Gasteiger partial charge in [-0.3, -0.25) is 0 Å². The van der Waals surface area contributed by atoms with Crippen molar-refractivity contribution in [2.24, 2.45) is 0 Å². The summed E-state index contributed by atoms with van der Waals surface area (Å²) < 4.78 is 0. The van der Waals surface area contributed by atoms with E-state index in [1.54, 1.807) is 12.2 Å². The van der Waals surface area contributed by atoms with Gasteiger partial charge in [-0.25, -0.2) is 0 Å². The Morgan fingerprint density at radius 1 is 1.56 bits per heavy atom. The van der Waals surface area contributed by atoms with Gasteiger partial charge in [-0.1, -0.05) is 30.9 Å². The third kappa shape index (κ3) is 36.2. The first-order valence-electron chi connectivity index (χ1n) is 2.63. The van der Waals surface area contributed by atoms with E-state index in [0.29, 0.717) is 5.88 Å². The molecule has 0 saturated heterocycles. The van der Waals surface area contributed by atoms with Crippen molar-refractivity contribution < 1.29 is 0 Å². The Balaban J connectivity index is 0. The fraction of sp³-hybridized carbons (Fsp3) is 0.250. The van der Waals surface area contributed by atoms with E-state index in [4.69, 9.17) is 11.6 Å². The molecule has 0 saturated carbocycles. The van der Waals surface area contributed by atoms with Crippen molar-refractivity contribution in [1.29, 1.82) is 0 Å². The summed E-state index contributed by atoms with van der Waals surface area (Å²) in [5.74, 6) is 0.556. The van der Waals surface area contributed by atoms with Gasteiger partial charge in [-0.15, -0.1) is 18.2 Å². The van der Waals surface area contributed by atoms with Gasteiger partial charge >= 0.3 is 0 Å². The normalized spacial score (nSPS) is 6.44. The van der Waals surface area contributed by atoms with Crippen molar-refractivity contribution in [3.05, 3.63) is 37.5 Å². The zero-order chi connectivity index (χ0) is 7.70. The number of hydrogen-bond donors (Lipinski definition) is 0. The summed E-state index contributed by atoms with van der Waals surface area (Å²) >= 11 is 5.07. The second-order valence-electron chi connectivity index (χ2n) is 1.49. The molecule has 0 aromatic rings. The zero-order valence-electron chi connectivity index (χ0n) is 5.86. The molecule has 0 atom stereocenters. The summed E-state index contributed by atoms with van der Waals surface area (Å²) in [6.07, 6.45) is 3.36. The zero-order valence-corrected chi connectivity index (χ0v) is 6.62. The van der Waals surface area contributed by atoms with Crippen LogP contribution >= 0.6 is 11.6 Å². The Morgan fingerprint density at radius 2 is 1.78 bits per heavy atom. The van der Waals surface area contributed by atoms with Gasteiger partial charge in [0.1, 0.15) is 0 Å². The van der Waals surface area contributed by atoms with Gasteiger partial charge in [0.05, 0.1) is 0 Å². The van der Waals surface area contributed by atoms with Crippen molar-refractivity contribution >= 4 is 11.6 Å². The molecule has 0 heterocycles. The predicted molar refractivity (Wildman–Crippen MR) is 45.9 cm³/mol. The fourth-order valence-electron chi connectivity index (χ4n) is 0. The lowest BCUT2D eigenvalue weighted by Crippen LogP contribution is -1.50. The smallest absolute Gasteiger partial charge is 0.0401 e. The van der Waals surface area contributed by atoms with E-state index < -0.39 is 0 Å². The highest BCUT2D eigenvalue weighted by atomic mass is 35.5. The highest BCUT2D eigenvalue weighted by Gasteiger charge is 1.59. The lowest BCUT2D eigenvalue weighted by molar-refractivity contribution is 1.58. The standard InChI is InChI=1S/C5H8.C3H5Cl/c1-4-5(2)3;1-2-3-4/h4H,1-2H2,3H3;2H,1,3H2. The minimum Gasteiger partial charge on any atom is -0.122 e. The summed E-state index contributed by atoms with van der Waals surface area (Å²) in [7, 11) is 0. The first kappa shape index (κ1) is 11.3. The molecule has 0 fully saturated rings. The molecule has 0 bridgehead atoms. The molecule has 0 amide bonds. The molecule has 0 spiro atoms. The van der Waals surface area contributed by atoms with E-state index in [-0.39, 0.29) is 0 Å². The number of allylic oxidation sites excluding steroid dienone is 3. The van der Waals surface area contributed by atoms with Gasteiger partial charge in [0.25, 0.3) is 0 Å². The molecule has 0 aliphatic carbocycles. The van der Waals surface area contributed by atoms with Crippen LogP contribution in [0, 0.1) is 0 Å². The Hall–Kier alpha value is -0.490. The van der Waals surface area contributed by atoms with Crippen molar-refractivity contribution in [3.8, 4) is 0 Å². The lowest BCUT2D eigenvalue weighted by atomic mass is 10.4. The molecule has 0 nitrogen and oxygen atoms in total. The molecule has 0 radical (unpaired) electrons. The summed E-state index contributed by atoms with van der Waals surface area (Å²) in [4.78, 5) is 0. The highest BCUT2D eigenvalue weighted by molar-refractivity contribution is 6.18. The Bertz CT molecular complexity index is 92.7. The van der Waals surface area contributed by atoms with Crippen LogP contribution < -0.4 is 0 Å². The minimum atomic E-state index is 0.556. The van der Waals surface area contributed by atoms with Crippen LogP contribution in [0.25, 0.3) is 0 Å². The molecule has 52 valence electrons. The second-order valence-corrected chi connectivity index (χ2v) is 1.80. The Labute approximate surface area is 62.5 Å². The van der Waals surface area contributed by atoms with E-state index in [1.165, 1.54) is 0 Å². The van der Waals surface area contributed by atoms with Crippen LogP contribution in [0.15, 0.2) is 37.5 Å². The molecular weight excluding hydrogens is 132 g/mol. The van der Waals surface area contributed by atoms with Crippen LogP contribution in [-0.2, 0) is 0 Å². The number of rotatable bonds is 2. The monoisotopic (exact) mass is 144 g/mol. The van der Waals surface area contributed by atoms with Crippen molar-refractivity contribution in [1.82, 2.24) is 0 Å². The van der Waals surface area contributed by atoms with Gasteiger partial charge in [-0.2, -0.15) is 0 Å². The van der Waals surface area contributed by atoms with Crippen molar-refractivity contribution in [2.75, 3.05) is 5.88 Å². The molecule has 0 rings (SSSR count). The maximum Gasteiger partial charge on any atom is 0.0401 e. The van der Waals surface area contributed by atoms with Gasteiger partial charge in [-0.05, 0) is 6.92 Å². The average Bonchev–Trinajstić information content (AvgIpc) is 1.89. The molecule has 1 heteroatoms. The molecule has 9 heavy (non-hydrogen) atoms. The molecule has 0 aromatic heterocycles. The topological polar surface area (TPSA) is 0 Å². The molecule has 0 aliphatic heterocycles. The SMILES string of the molecule is C=CC(=C)C.C=CCCl. The summed E-state index contributed by atoms with van der Waals surface area (Å²) in [5.41, 5.74) is 1.02. The lowest BCUT2D eigenvalue weighted by Gasteiger charge is -1.71. The molecule has 0 aromatic carbocycles. The summed E-state index contributed by atoms with van der Waals surface area (Å²) in [6.45, 7) is 12.3. The van der Waals surface area contributed by atoms with E-state index >= 15 is 0 Å². The quantitative estimate of drug-likeness (QED) is 0.317. The fourth-order valence-corrected chi connectivity index (χ4v) is 0. The largest absolute Gasteiger partial charge is 0.122 e. The van der Waals surface area contributed by atoms with Crippen molar-refractivity contribution in [2.45, 2.75) is 6.92 Å². The van der Waals surface area contributed by atoms with E-state index in [9.17, 15) is 0 Å². The summed E-state index contributed by atoms with van der Waals surface area (Å²) in [6, 6.07) is 0. The third-order valence-corrected chi connectivity index (χ3v) is 0.676. The van der Waals surface area contributed by atoms with Gasteiger partial charge in [0, 0.05) is 5.88 Å². The van der Waals surface area contributed by atoms with Crippen LogP contribution in [0.2, 0.25) is 0 Å². The van der Waals surface area contributed by atoms with Crippen LogP contribution in [0.4, 0.5) is 0 Å². The van der Waals surface area contributed by atoms with Gasteiger partial charge < -0.3 is 0 Å². The van der Waals surface area contributed by atoms with Gasteiger partial charge in [0.2, 0.25) is 0 Å². The first-order valence-corrected chi connectivity index (χ1v) is 3.17. The maximum atomic E-state index is 5.07. The van der Waals surface area contributed by atoms with Crippen LogP contribution in [-0.4, -0.2) is 5.88 Å². The van der Waals surface area contributed by atoms with E-state index in [1.807, 2.05) is 6.92 Å². The molecular formula is C8H13Cl. The predicted octanol–water partition coefficient (Wildman–Crippen LogP) is 3.16. The van der Waals surface area contributed by atoms with Gasteiger partial charge in [0.15, 0.2) is 0 Å². The van der Waals surface area contributed by atoms with Crippen molar-refractivity contribution in [3.63, 3.8) is 0 Å². The Morgan fingerprint density at radius 3 is 1.78 bits per heavy atom. The Kier molecular flexibility index (Phi) is 13.2. The molecule has 0 N–H and O–H groups in total. The number of hydrogen-bond acceptors (Lipinski definition) is 0. The van der Waals surface area contributed by atoms with E-state index in [0.717, 1.165) is 5.57 Å². The van der Waals surface area contributed by atoms with Crippen LogP contribution in [0.5, 0.6) is 0 Å².